The topological polar surface area (TPSA) is 66.4 Å². The van der Waals surface area contributed by atoms with Crippen LogP contribution >= 0.6 is 11.6 Å². The van der Waals surface area contributed by atoms with Crippen molar-refractivity contribution in [1.82, 2.24) is 4.72 Å². The second-order valence-corrected chi connectivity index (χ2v) is 4.63. The Labute approximate surface area is 70.8 Å². The Hall–Kier alpha value is 0.160. The van der Waals surface area contributed by atoms with Crippen LogP contribution in [-0.2, 0) is 10.3 Å². The van der Waals surface area contributed by atoms with E-state index >= 15 is 0 Å². The van der Waals surface area contributed by atoms with Crippen LogP contribution in [0.15, 0.2) is 0 Å². The summed E-state index contributed by atoms with van der Waals surface area (Å²) >= 11 is 5.81. The molecule has 0 spiro atoms. The van der Waals surface area contributed by atoms with Crippen LogP contribution in [0.1, 0.15) is 25.7 Å². The summed E-state index contributed by atoms with van der Waals surface area (Å²) in [4.78, 5) is -0.937. The molecule has 0 saturated heterocycles. The molecule has 0 aromatic carbocycles. The van der Waals surface area contributed by atoms with E-state index in [1.54, 1.807) is 0 Å². The number of nitrogens with one attached hydrogen (secondary N) is 1. The van der Waals surface area contributed by atoms with Crippen LogP contribution in [0.4, 0.5) is 0 Å². The Morgan fingerprint density at radius 1 is 1.36 bits per heavy atom. The average molecular weight is 200 g/mol. The maximum Gasteiger partial charge on any atom is 0.334 e. The largest absolute Gasteiger partial charge is 0.334 e. The molecule has 0 unspecified atom stereocenters. The number of rotatable bonds is 2. The monoisotopic (exact) mass is 199 g/mol. The van der Waals surface area contributed by atoms with Crippen molar-refractivity contribution in [3.8, 4) is 0 Å². The van der Waals surface area contributed by atoms with E-state index in [0.717, 1.165) is 12.8 Å². The maximum absolute atomic E-state index is 10.4. The van der Waals surface area contributed by atoms with Crippen LogP contribution in [-0.4, -0.2) is 18.0 Å². The molecule has 11 heavy (non-hydrogen) atoms. The summed E-state index contributed by atoms with van der Waals surface area (Å²) in [6, 6.07) is 0. The fraction of sp³-hybridized carbons (Fsp3) is 1.00. The molecule has 0 aromatic rings. The third-order valence-corrected chi connectivity index (χ3v) is 2.94. The third kappa shape index (κ3) is 2.94. The minimum atomic E-state index is -4.15. The molecule has 0 heterocycles. The standard InChI is InChI=1S/C5H10ClNO3S/c6-5(3-1-2-4-5)7-11(8,9)10/h7H,1-4H2,(H,8,9,10). The molecule has 1 saturated carbocycles. The van der Waals surface area contributed by atoms with Crippen LogP contribution in [0, 0.1) is 0 Å². The molecular formula is C5H10ClNO3S. The molecule has 2 N–H and O–H groups in total. The van der Waals surface area contributed by atoms with Gasteiger partial charge in [0.25, 0.3) is 0 Å². The van der Waals surface area contributed by atoms with Crippen molar-refractivity contribution in [2.75, 3.05) is 0 Å². The highest BCUT2D eigenvalue weighted by atomic mass is 35.5. The molecule has 1 aliphatic carbocycles. The molecule has 0 radical (unpaired) electrons. The van der Waals surface area contributed by atoms with Crippen LogP contribution in [0.3, 0.4) is 0 Å². The van der Waals surface area contributed by atoms with E-state index in [4.69, 9.17) is 16.2 Å². The van der Waals surface area contributed by atoms with Crippen molar-refractivity contribution >= 4 is 21.9 Å². The van der Waals surface area contributed by atoms with Crippen LogP contribution in [0.25, 0.3) is 0 Å². The van der Waals surface area contributed by atoms with Gasteiger partial charge < -0.3 is 0 Å². The summed E-state index contributed by atoms with van der Waals surface area (Å²) in [6.45, 7) is 0. The molecule has 0 aliphatic heterocycles. The summed E-state index contributed by atoms with van der Waals surface area (Å²) in [7, 11) is -4.15. The van der Waals surface area contributed by atoms with E-state index in [9.17, 15) is 8.42 Å². The van der Waals surface area contributed by atoms with Gasteiger partial charge in [-0.15, -0.1) is 11.6 Å². The van der Waals surface area contributed by atoms with E-state index < -0.39 is 15.3 Å². The molecular weight excluding hydrogens is 190 g/mol. The van der Waals surface area contributed by atoms with Crippen molar-refractivity contribution in [3.63, 3.8) is 0 Å². The van der Waals surface area contributed by atoms with Crippen LogP contribution < -0.4 is 4.72 Å². The van der Waals surface area contributed by atoms with Crippen LogP contribution in [0.2, 0.25) is 0 Å². The van der Waals surface area contributed by atoms with Crippen molar-refractivity contribution in [2.24, 2.45) is 0 Å². The third-order valence-electron chi connectivity index (χ3n) is 1.71. The van der Waals surface area contributed by atoms with Gasteiger partial charge in [0.2, 0.25) is 0 Å². The summed E-state index contributed by atoms with van der Waals surface area (Å²) < 4.78 is 31.1. The molecule has 1 fully saturated rings. The first-order valence-electron chi connectivity index (χ1n) is 3.37. The average Bonchev–Trinajstić information content (AvgIpc) is 2.09. The smallest absolute Gasteiger partial charge is 0.273 e. The molecule has 1 aliphatic rings. The quantitative estimate of drug-likeness (QED) is 0.394. The fourth-order valence-electron chi connectivity index (χ4n) is 1.27. The minimum absolute atomic E-state index is 0.578. The van der Waals surface area contributed by atoms with Gasteiger partial charge in [-0.1, -0.05) is 12.8 Å². The lowest BCUT2D eigenvalue weighted by Crippen LogP contribution is -2.40. The number of halogens is 1. The predicted molar refractivity (Wildman–Crippen MR) is 41.7 cm³/mol. The van der Waals surface area contributed by atoms with Gasteiger partial charge in [-0.3, -0.25) is 4.55 Å². The van der Waals surface area contributed by atoms with Gasteiger partial charge in [-0.2, -0.15) is 13.1 Å². The van der Waals surface area contributed by atoms with Crippen molar-refractivity contribution in [1.29, 1.82) is 0 Å². The summed E-state index contributed by atoms with van der Waals surface area (Å²) in [5.41, 5.74) is 0. The Balaban J connectivity index is 2.60. The SMILES string of the molecule is O=S(=O)(O)NC1(Cl)CCCC1. The van der Waals surface area contributed by atoms with Gasteiger partial charge in [0.05, 0.1) is 0 Å². The summed E-state index contributed by atoms with van der Waals surface area (Å²) in [5, 5.41) is 0. The lowest BCUT2D eigenvalue weighted by Gasteiger charge is -2.19. The number of hydrogen-bond acceptors (Lipinski definition) is 2. The normalized spacial score (nSPS) is 23.8. The van der Waals surface area contributed by atoms with Gasteiger partial charge in [-0.25, -0.2) is 0 Å². The molecule has 1 rings (SSSR count). The Morgan fingerprint density at radius 2 is 1.82 bits per heavy atom. The Bertz CT molecular complexity index is 232. The second-order valence-electron chi connectivity index (χ2n) is 2.75. The summed E-state index contributed by atoms with van der Waals surface area (Å²) in [5.74, 6) is 0. The van der Waals surface area contributed by atoms with E-state index in [1.165, 1.54) is 0 Å². The molecule has 0 atom stereocenters. The molecule has 66 valence electrons. The first-order valence-corrected chi connectivity index (χ1v) is 5.18. The zero-order valence-corrected chi connectivity index (χ0v) is 7.45. The second kappa shape index (κ2) is 2.90. The van der Waals surface area contributed by atoms with Crippen LogP contribution in [0.5, 0.6) is 0 Å². The molecule has 6 heteroatoms. The number of hydrogen-bond donors (Lipinski definition) is 2. The number of alkyl halides is 1. The maximum atomic E-state index is 10.4. The molecule has 4 nitrogen and oxygen atoms in total. The van der Waals surface area contributed by atoms with Crippen molar-refractivity contribution < 1.29 is 13.0 Å². The minimum Gasteiger partial charge on any atom is -0.273 e. The van der Waals surface area contributed by atoms with Crippen molar-refractivity contribution in [2.45, 2.75) is 30.7 Å². The predicted octanol–water partition coefficient (Wildman–Crippen LogP) is 0.888. The van der Waals surface area contributed by atoms with Gasteiger partial charge in [0.15, 0.2) is 0 Å². The van der Waals surface area contributed by atoms with E-state index in [0.29, 0.717) is 12.8 Å². The Kier molecular flexibility index (Phi) is 2.43. The first-order chi connectivity index (χ1) is 4.91. The summed E-state index contributed by atoms with van der Waals surface area (Å²) in [6.07, 6.45) is 2.95. The highest BCUT2D eigenvalue weighted by Gasteiger charge is 2.34. The van der Waals surface area contributed by atoms with Gasteiger partial charge in [0, 0.05) is 0 Å². The molecule has 0 aromatic heterocycles. The zero-order valence-electron chi connectivity index (χ0n) is 5.88. The highest BCUT2D eigenvalue weighted by Crippen LogP contribution is 2.33. The van der Waals surface area contributed by atoms with E-state index in [1.807, 2.05) is 4.72 Å². The van der Waals surface area contributed by atoms with E-state index in [2.05, 4.69) is 0 Å². The highest BCUT2D eigenvalue weighted by molar-refractivity contribution is 7.83. The first kappa shape index (κ1) is 9.25. The van der Waals surface area contributed by atoms with Gasteiger partial charge >= 0.3 is 10.3 Å². The van der Waals surface area contributed by atoms with Gasteiger partial charge in [0.1, 0.15) is 5.00 Å². The lowest BCUT2D eigenvalue weighted by molar-refractivity contribution is 0.438. The van der Waals surface area contributed by atoms with E-state index in [-0.39, 0.29) is 0 Å². The lowest BCUT2D eigenvalue weighted by atomic mass is 10.3. The zero-order chi connectivity index (χ0) is 8.54. The van der Waals surface area contributed by atoms with Crippen molar-refractivity contribution in [3.05, 3.63) is 0 Å². The Morgan fingerprint density at radius 3 is 2.18 bits per heavy atom. The molecule has 0 amide bonds. The fourth-order valence-corrected chi connectivity index (χ4v) is 2.49. The molecule has 0 bridgehead atoms. The van der Waals surface area contributed by atoms with Gasteiger partial charge in [-0.05, 0) is 12.8 Å².